The van der Waals surface area contributed by atoms with Crippen LogP contribution in [0.2, 0.25) is 0 Å². The molecule has 2 aromatic carbocycles. The lowest BCUT2D eigenvalue weighted by Crippen LogP contribution is -2.28. The van der Waals surface area contributed by atoms with Crippen molar-refractivity contribution in [3.63, 3.8) is 0 Å². The molecule has 3 atom stereocenters. The largest absolute Gasteiger partial charge is 0.493 e. The van der Waals surface area contributed by atoms with E-state index in [1.54, 1.807) is 0 Å². The van der Waals surface area contributed by atoms with E-state index in [-0.39, 0.29) is 0 Å². The van der Waals surface area contributed by atoms with Crippen LogP contribution in [0.25, 0.3) is 0 Å². The molecule has 3 heteroatoms. The summed E-state index contributed by atoms with van der Waals surface area (Å²) in [4.78, 5) is 2.83. The van der Waals surface area contributed by atoms with Gasteiger partial charge < -0.3 is 10.1 Å². The van der Waals surface area contributed by atoms with Gasteiger partial charge in [-0.2, -0.15) is 0 Å². The lowest BCUT2D eigenvalue weighted by Gasteiger charge is -2.37. The third-order valence-corrected chi connectivity index (χ3v) is 6.99. The van der Waals surface area contributed by atoms with E-state index in [1.807, 2.05) is 11.3 Å². The normalized spacial score (nSPS) is 22.4. The second-order valence-electron chi connectivity index (χ2n) is 7.76. The highest BCUT2D eigenvalue weighted by molar-refractivity contribution is 7.12. The van der Waals surface area contributed by atoms with Crippen molar-refractivity contribution in [1.82, 2.24) is 0 Å². The molecule has 3 unspecified atom stereocenters. The van der Waals surface area contributed by atoms with Gasteiger partial charge in [-0.3, -0.25) is 0 Å². The molecule has 0 spiro atoms. The predicted octanol–water partition coefficient (Wildman–Crippen LogP) is 6.50. The molecule has 0 fully saturated rings. The van der Waals surface area contributed by atoms with E-state index in [9.17, 15) is 0 Å². The Balaban J connectivity index is 1.34. The van der Waals surface area contributed by atoms with Gasteiger partial charge in [-0.15, -0.1) is 11.3 Å². The van der Waals surface area contributed by atoms with E-state index < -0.39 is 0 Å². The molecule has 142 valence electrons. The highest BCUT2D eigenvalue weighted by Crippen LogP contribution is 2.51. The van der Waals surface area contributed by atoms with Crippen molar-refractivity contribution in [2.75, 3.05) is 11.9 Å². The minimum absolute atomic E-state index is 0.399. The number of anilines is 1. The molecule has 0 saturated heterocycles. The minimum atomic E-state index is 0.399. The minimum Gasteiger partial charge on any atom is -0.493 e. The van der Waals surface area contributed by atoms with Crippen LogP contribution in [0.5, 0.6) is 5.75 Å². The number of rotatable bonds is 5. The van der Waals surface area contributed by atoms with Gasteiger partial charge in [0, 0.05) is 27.8 Å². The maximum atomic E-state index is 6.09. The summed E-state index contributed by atoms with van der Waals surface area (Å²) >= 11 is 1.92. The fraction of sp³-hybridized carbons (Fsp3) is 0.280. The van der Waals surface area contributed by atoms with Crippen LogP contribution in [0.1, 0.15) is 39.3 Å². The molecule has 0 bridgehead atoms. The topological polar surface area (TPSA) is 21.3 Å². The van der Waals surface area contributed by atoms with Crippen molar-refractivity contribution >= 4 is 17.0 Å². The number of hydrogen-bond donors (Lipinski definition) is 1. The molecule has 5 rings (SSSR count). The number of fused-ring (bicyclic) bond motifs is 3. The molecule has 1 aliphatic heterocycles. The quantitative estimate of drug-likeness (QED) is 0.504. The van der Waals surface area contributed by atoms with Crippen molar-refractivity contribution in [2.24, 2.45) is 5.92 Å². The third kappa shape index (κ3) is 3.35. The Morgan fingerprint density at radius 2 is 1.96 bits per heavy atom. The Morgan fingerprint density at radius 1 is 1.07 bits per heavy atom. The number of nitrogens with one attached hydrogen (secondary N) is 1. The van der Waals surface area contributed by atoms with Gasteiger partial charge in [-0.1, -0.05) is 42.5 Å². The number of ether oxygens (including phenoxy) is 1. The summed E-state index contributed by atoms with van der Waals surface area (Å²) in [5.74, 6) is 2.03. The van der Waals surface area contributed by atoms with E-state index in [0.29, 0.717) is 24.5 Å². The number of thiophene rings is 1. The molecule has 0 amide bonds. The van der Waals surface area contributed by atoms with Crippen LogP contribution < -0.4 is 10.1 Å². The number of aryl methyl sites for hydroxylation is 1. The van der Waals surface area contributed by atoms with Gasteiger partial charge in [-0.05, 0) is 60.7 Å². The summed E-state index contributed by atoms with van der Waals surface area (Å²) < 4.78 is 6.09. The van der Waals surface area contributed by atoms with Crippen molar-refractivity contribution in [2.45, 2.75) is 31.7 Å². The van der Waals surface area contributed by atoms with Crippen LogP contribution in [0, 0.1) is 12.8 Å². The van der Waals surface area contributed by atoms with Gasteiger partial charge >= 0.3 is 0 Å². The Morgan fingerprint density at radius 3 is 2.79 bits per heavy atom. The van der Waals surface area contributed by atoms with E-state index in [1.165, 1.54) is 26.6 Å². The van der Waals surface area contributed by atoms with Gasteiger partial charge in [0.05, 0.1) is 12.6 Å². The Kier molecular flexibility index (Phi) is 4.69. The van der Waals surface area contributed by atoms with Crippen LogP contribution in [-0.2, 0) is 6.42 Å². The summed E-state index contributed by atoms with van der Waals surface area (Å²) in [6, 6.07) is 22.0. The Bertz CT molecular complexity index is 991. The summed E-state index contributed by atoms with van der Waals surface area (Å²) in [6.07, 6.45) is 6.81. The highest BCUT2D eigenvalue weighted by atomic mass is 32.1. The molecular weight excluding hydrogens is 362 g/mol. The average Bonchev–Trinajstić information content (AvgIpc) is 3.38. The molecule has 2 nitrogen and oxygen atoms in total. The lowest BCUT2D eigenvalue weighted by molar-refractivity contribution is 0.320. The van der Waals surface area contributed by atoms with Gasteiger partial charge in [0.15, 0.2) is 0 Å². The second kappa shape index (κ2) is 7.48. The van der Waals surface area contributed by atoms with E-state index >= 15 is 0 Å². The molecule has 28 heavy (non-hydrogen) atoms. The summed E-state index contributed by atoms with van der Waals surface area (Å²) in [5.41, 5.74) is 3.94. The molecular formula is C25H25NOS. The van der Waals surface area contributed by atoms with Crippen molar-refractivity contribution in [3.05, 3.63) is 93.7 Å². The van der Waals surface area contributed by atoms with Crippen molar-refractivity contribution < 1.29 is 4.74 Å². The molecule has 3 aromatic rings. The first kappa shape index (κ1) is 17.6. The van der Waals surface area contributed by atoms with Crippen LogP contribution in [0.3, 0.4) is 0 Å². The van der Waals surface area contributed by atoms with Crippen molar-refractivity contribution in [3.8, 4) is 5.75 Å². The second-order valence-corrected chi connectivity index (χ2v) is 9.08. The average molecular weight is 388 g/mol. The van der Waals surface area contributed by atoms with Crippen LogP contribution in [-0.4, -0.2) is 6.61 Å². The first-order valence-corrected chi connectivity index (χ1v) is 10.9. The van der Waals surface area contributed by atoms with E-state index in [2.05, 4.69) is 85.1 Å². The van der Waals surface area contributed by atoms with Gasteiger partial charge in [-0.25, -0.2) is 0 Å². The standard InChI is InChI=1S/C25H25NOS/c1-17-10-13-24(28-17)25-21-9-5-8-20(21)22-16-19(11-12-23(22)26-25)27-15-14-18-6-3-2-4-7-18/h2-8,10-13,16,20-21,25-26H,9,14-15H2,1H3. The molecule has 1 N–H and O–H groups in total. The number of allylic oxidation sites excluding steroid dienone is 2. The highest BCUT2D eigenvalue weighted by Gasteiger charge is 2.38. The predicted molar refractivity (Wildman–Crippen MR) is 117 cm³/mol. The molecule has 2 heterocycles. The van der Waals surface area contributed by atoms with Crippen LogP contribution in [0.4, 0.5) is 5.69 Å². The van der Waals surface area contributed by atoms with E-state index in [4.69, 9.17) is 4.74 Å². The first-order chi connectivity index (χ1) is 13.8. The Labute approximate surface area is 170 Å². The SMILES string of the molecule is Cc1ccc(C2Nc3ccc(OCCc4ccccc4)cc3C3C=CCC32)s1. The number of hydrogen-bond acceptors (Lipinski definition) is 3. The zero-order valence-electron chi connectivity index (χ0n) is 16.1. The molecule has 0 radical (unpaired) electrons. The molecule has 1 aromatic heterocycles. The maximum Gasteiger partial charge on any atom is 0.119 e. The van der Waals surface area contributed by atoms with Gasteiger partial charge in [0.25, 0.3) is 0 Å². The third-order valence-electron chi connectivity index (χ3n) is 5.90. The van der Waals surface area contributed by atoms with Crippen LogP contribution >= 0.6 is 11.3 Å². The summed E-state index contributed by atoms with van der Waals surface area (Å²) in [6.45, 7) is 2.89. The van der Waals surface area contributed by atoms with Gasteiger partial charge in [0.2, 0.25) is 0 Å². The molecule has 1 aliphatic carbocycles. The molecule has 2 aliphatic rings. The van der Waals surface area contributed by atoms with Crippen LogP contribution in [0.15, 0.2) is 72.8 Å². The number of benzene rings is 2. The van der Waals surface area contributed by atoms with E-state index in [0.717, 1.165) is 18.6 Å². The summed E-state index contributed by atoms with van der Waals surface area (Å²) in [5, 5.41) is 3.82. The smallest absolute Gasteiger partial charge is 0.119 e. The summed E-state index contributed by atoms with van der Waals surface area (Å²) in [7, 11) is 0. The fourth-order valence-corrected chi connectivity index (χ4v) is 5.50. The first-order valence-electron chi connectivity index (χ1n) is 10.1. The van der Waals surface area contributed by atoms with Gasteiger partial charge in [0.1, 0.15) is 5.75 Å². The molecule has 0 saturated carbocycles. The zero-order chi connectivity index (χ0) is 18.9. The Hall–Kier alpha value is -2.52. The lowest BCUT2D eigenvalue weighted by atomic mass is 9.79. The van der Waals surface area contributed by atoms with Crippen molar-refractivity contribution in [1.29, 1.82) is 0 Å². The maximum absolute atomic E-state index is 6.09. The zero-order valence-corrected chi connectivity index (χ0v) is 16.9. The fourth-order valence-electron chi connectivity index (χ4n) is 4.50. The monoisotopic (exact) mass is 387 g/mol.